The van der Waals surface area contributed by atoms with Gasteiger partial charge >= 0.3 is 0 Å². The molecule has 1 amide bonds. The highest BCUT2D eigenvalue weighted by Crippen LogP contribution is 2.20. The van der Waals surface area contributed by atoms with Gasteiger partial charge in [-0.05, 0) is 30.4 Å². The quantitative estimate of drug-likeness (QED) is 0.785. The number of rotatable bonds is 7. The number of sulfone groups is 1. The number of hydrogen-bond donors (Lipinski definition) is 1. The highest BCUT2D eigenvalue weighted by atomic mass is 32.2. The van der Waals surface area contributed by atoms with Crippen molar-refractivity contribution in [3.63, 3.8) is 0 Å². The summed E-state index contributed by atoms with van der Waals surface area (Å²) in [7, 11) is -3.10. The molecule has 112 valence electrons. The largest absolute Gasteiger partial charge is 0.350 e. The van der Waals surface area contributed by atoms with Crippen molar-refractivity contribution >= 4 is 27.5 Å². The van der Waals surface area contributed by atoms with E-state index in [4.69, 9.17) is 0 Å². The molecule has 0 heterocycles. The van der Waals surface area contributed by atoms with Gasteiger partial charge in [-0.3, -0.25) is 4.79 Å². The van der Waals surface area contributed by atoms with Gasteiger partial charge < -0.3 is 5.32 Å². The lowest BCUT2D eigenvalue weighted by atomic mass is 10.1. The number of carbonyl (C=O) groups is 1. The molecule has 0 radical (unpaired) electrons. The second-order valence-corrected chi connectivity index (χ2v) is 8.27. The molecule has 1 rings (SSSR count). The molecule has 1 aromatic rings. The molecular formula is C14H21NO3S2. The minimum absolute atomic E-state index is 0.00689. The molecule has 1 atom stereocenters. The number of nitrogens with one attached hydrogen (secondary N) is 1. The summed E-state index contributed by atoms with van der Waals surface area (Å²) in [5.74, 6) is 0.671. The van der Waals surface area contributed by atoms with Crippen LogP contribution in [0.15, 0.2) is 29.2 Å². The fraction of sp³-hybridized carbons (Fsp3) is 0.500. The first kappa shape index (κ1) is 17.0. The Balaban J connectivity index is 2.53. The van der Waals surface area contributed by atoms with Gasteiger partial charge in [-0.1, -0.05) is 19.1 Å². The van der Waals surface area contributed by atoms with Crippen molar-refractivity contribution < 1.29 is 13.2 Å². The van der Waals surface area contributed by atoms with Crippen molar-refractivity contribution in [2.75, 3.05) is 17.8 Å². The predicted molar refractivity (Wildman–Crippen MR) is 83.7 cm³/mol. The minimum Gasteiger partial charge on any atom is -0.350 e. The van der Waals surface area contributed by atoms with Crippen LogP contribution in [0.5, 0.6) is 0 Å². The molecule has 1 aromatic carbocycles. The fourth-order valence-electron chi connectivity index (χ4n) is 1.69. The van der Waals surface area contributed by atoms with E-state index in [0.717, 1.165) is 17.6 Å². The summed E-state index contributed by atoms with van der Waals surface area (Å²) in [6.07, 6.45) is 1.14. The van der Waals surface area contributed by atoms with E-state index < -0.39 is 9.84 Å². The maximum atomic E-state index is 11.7. The van der Waals surface area contributed by atoms with Gasteiger partial charge in [-0.25, -0.2) is 8.42 Å². The van der Waals surface area contributed by atoms with Crippen molar-refractivity contribution in [1.82, 2.24) is 5.32 Å². The molecule has 4 nitrogen and oxygen atoms in total. The van der Waals surface area contributed by atoms with Crippen LogP contribution in [0.4, 0.5) is 0 Å². The number of benzene rings is 1. The minimum atomic E-state index is -3.10. The van der Waals surface area contributed by atoms with E-state index in [1.54, 1.807) is 11.8 Å². The molecule has 0 spiro atoms. The second kappa shape index (κ2) is 7.69. The van der Waals surface area contributed by atoms with E-state index in [-0.39, 0.29) is 24.1 Å². The Morgan fingerprint density at radius 1 is 1.30 bits per heavy atom. The lowest BCUT2D eigenvalue weighted by molar-refractivity contribution is -0.121. The molecular weight excluding hydrogens is 294 g/mol. The summed E-state index contributed by atoms with van der Waals surface area (Å²) < 4.78 is 22.0. The van der Waals surface area contributed by atoms with E-state index >= 15 is 0 Å². The molecule has 6 heteroatoms. The first-order chi connectivity index (χ1) is 9.31. The average Bonchev–Trinajstić information content (AvgIpc) is 2.37. The highest BCUT2D eigenvalue weighted by molar-refractivity contribution is 7.99. The summed E-state index contributed by atoms with van der Waals surface area (Å²) >= 11 is 1.77. The Hall–Kier alpha value is -1.01. The topological polar surface area (TPSA) is 63.2 Å². The standard InChI is InChI=1S/C14H21NO3S2/c1-4-19-13-7-5-12(6-8-13)11(2)15-14(16)9-10-20(3,17)18/h5-8,11H,4,9-10H2,1-3H3,(H,15,16)/t11-/m1/s1. The molecule has 1 N–H and O–H groups in total. The van der Waals surface area contributed by atoms with E-state index in [9.17, 15) is 13.2 Å². The summed E-state index contributed by atoms with van der Waals surface area (Å²) in [4.78, 5) is 12.9. The predicted octanol–water partition coefficient (Wildman–Crippen LogP) is 2.41. The SMILES string of the molecule is CCSc1ccc([C@@H](C)NC(=O)CCS(C)(=O)=O)cc1. The van der Waals surface area contributed by atoms with Crippen molar-refractivity contribution in [1.29, 1.82) is 0 Å². The van der Waals surface area contributed by atoms with Gasteiger partial charge in [0, 0.05) is 17.6 Å². The van der Waals surface area contributed by atoms with E-state index in [1.165, 1.54) is 4.90 Å². The monoisotopic (exact) mass is 315 g/mol. The van der Waals surface area contributed by atoms with Crippen LogP contribution in [0, 0.1) is 0 Å². The summed E-state index contributed by atoms with van der Waals surface area (Å²) in [5.41, 5.74) is 1.01. The van der Waals surface area contributed by atoms with Gasteiger partial charge in [0.1, 0.15) is 9.84 Å². The van der Waals surface area contributed by atoms with Gasteiger partial charge in [0.2, 0.25) is 5.91 Å². The lowest BCUT2D eigenvalue weighted by Gasteiger charge is -2.14. The van der Waals surface area contributed by atoms with Gasteiger partial charge in [0.15, 0.2) is 0 Å². The first-order valence-electron chi connectivity index (χ1n) is 6.51. The molecule has 0 saturated heterocycles. The van der Waals surface area contributed by atoms with Crippen LogP contribution in [-0.2, 0) is 14.6 Å². The van der Waals surface area contributed by atoms with Gasteiger partial charge in [0.05, 0.1) is 11.8 Å². The number of carbonyl (C=O) groups excluding carboxylic acids is 1. The van der Waals surface area contributed by atoms with Crippen molar-refractivity contribution in [3.05, 3.63) is 29.8 Å². The van der Waals surface area contributed by atoms with Gasteiger partial charge in [0.25, 0.3) is 0 Å². The Morgan fingerprint density at radius 2 is 1.90 bits per heavy atom. The Kier molecular flexibility index (Phi) is 6.55. The zero-order chi connectivity index (χ0) is 15.2. The summed E-state index contributed by atoms with van der Waals surface area (Å²) in [6.45, 7) is 3.99. The van der Waals surface area contributed by atoms with Gasteiger partial charge in [-0.2, -0.15) is 0 Å². The van der Waals surface area contributed by atoms with Crippen LogP contribution >= 0.6 is 11.8 Å². The third-order valence-electron chi connectivity index (χ3n) is 2.77. The molecule has 20 heavy (non-hydrogen) atoms. The zero-order valence-corrected chi connectivity index (χ0v) is 13.7. The smallest absolute Gasteiger partial charge is 0.221 e. The molecule has 0 aliphatic carbocycles. The molecule has 0 unspecified atom stereocenters. The van der Waals surface area contributed by atoms with E-state index in [1.807, 2.05) is 31.2 Å². The molecule has 0 bridgehead atoms. The number of amides is 1. The third-order valence-corrected chi connectivity index (χ3v) is 4.61. The zero-order valence-electron chi connectivity index (χ0n) is 12.0. The van der Waals surface area contributed by atoms with E-state index in [2.05, 4.69) is 12.2 Å². The Labute approximate surface area is 125 Å². The molecule has 0 aliphatic rings. The maximum absolute atomic E-state index is 11.7. The fourth-order valence-corrected chi connectivity index (χ4v) is 2.91. The maximum Gasteiger partial charge on any atom is 0.221 e. The highest BCUT2D eigenvalue weighted by Gasteiger charge is 2.12. The summed E-state index contributed by atoms with van der Waals surface area (Å²) in [6, 6.07) is 7.91. The first-order valence-corrected chi connectivity index (χ1v) is 9.56. The van der Waals surface area contributed by atoms with Gasteiger partial charge in [-0.15, -0.1) is 11.8 Å². The van der Waals surface area contributed by atoms with Crippen LogP contribution in [0.1, 0.15) is 31.9 Å². The van der Waals surface area contributed by atoms with E-state index in [0.29, 0.717) is 0 Å². The third kappa shape index (κ3) is 6.43. The lowest BCUT2D eigenvalue weighted by Crippen LogP contribution is -2.28. The normalized spacial score (nSPS) is 12.9. The second-order valence-electron chi connectivity index (χ2n) is 4.67. The van der Waals surface area contributed by atoms with Crippen LogP contribution < -0.4 is 5.32 Å². The van der Waals surface area contributed by atoms with Crippen LogP contribution in [0.25, 0.3) is 0 Å². The van der Waals surface area contributed by atoms with Crippen molar-refractivity contribution in [2.45, 2.75) is 31.2 Å². The molecule has 0 aliphatic heterocycles. The van der Waals surface area contributed by atoms with Crippen molar-refractivity contribution in [2.24, 2.45) is 0 Å². The molecule has 0 saturated carbocycles. The van der Waals surface area contributed by atoms with Crippen LogP contribution in [-0.4, -0.2) is 32.1 Å². The van der Waals surface area contributed by atoms with Crippen LogP contribution in [0.3, 0.4) is 0 Å². The number of thioether (sulfide) groups is 1. The number of hydrogen-bond acceptors (Lipinski definition) is 4. The average molecular weight is 315 g/mol. The molecule has 0 fully saturated rings. The molecule has 0 aromatic heterocycles. The summed E-state index contributed by atoms with van der Waals surface area (Å²) in [5, 5.41) is 2.81. The van der Waals surface area contributed by atoms with Crippen molar-refractivity contribution in [3.8, 4) is 0 Å². The Bertz CT molecular complexity index is 538. The van der Waals surface area contributed by atoms with Crippen LogP contribution in [0.2, 0.25) is 0 Å². The Morgan fingerprint density at radius 3 is 2.40 bits per heavy atom.